The molecule has 2 aromatic rings. The Bertz CT molecular complexity index is 979. The molecule has 0 fully saturated rings. The molecule has 30 heavy (non-hydrogen) atoms. The van der Waals surface area contributed by atoms with E-state index in [-0.39, 0.29) is 30.8 Å². The molecule has 7 heteroatoms. The van der Waals surface area contributed by atoms with Crippen molar-refractivity contribution in [3.05, 3.63) is 53.1 Å². The lowest BCUT2D eigenvalue weighted by Crippen LogP contribution is -2.51. The highest BCUT2D eigenvalue weighted by atomic mass is 16.2. The summed E-state index contributed by atoms with van der Waals surface area (Å²) in [6.45, 7) is 7.71. The van der Waals surface area contributed by atoms with Crippen LogP contribution in [0.1, 0.15) is 23.6 Å². The summed E-state index contributed by atoms with van der Waals surface area (Å²) in [5, 5.41) is 5.74. The molecule has 2 aromatic carbocycles. The van der Waals surface area contributed by atoms with Crippen molar-refractivity contribution in [2.24, 2.45) is 0 Å². The van der Waals surface area contributed by atoms with Gasteiger partial charge in [0.05, 0.1) is 24.0 Å². The molecule has 3 rings (SSSR count). The van der Waals surface area contributed by atoms with E-state index in [1.54, 1.807) is 31.0 Å². The predicted octanol–water partition coefficient (Wildman–Crippen LogP) is 2.86. The lowest BCUT2D eigenvalue weighted by atomic mass is 10.1. The molecule has 1 aliphatic rings. The summed E-state index contributed by atoms with van der Waals surface area (Å²) in [4.78, 5) is 40.9. The number of nitrogens with zero attached hydrogens (tertiary/aromatic N) is 2. The van der Waals surface area contributed by atoms with E-state index in [0.29, 0.717) is 11.4 Å². The second-order valence-electron chi connectivity index (χ2n) is 7.90. The maximum atomic E-state index is 13.1. The van der Waals surface area contributed by atoms with E-state index in [2.05, 4.69) is 10.6 Å². The Morgan fingerprint density at radius 1 is 1.17 bits per heavy atom. The third-order valence-electron chi connectivity index (χ3n) is 5.39. The fourth-order valence-corrected chi connectivity index (χ4v) is 3.76. The highest BCUT2D eigenvalue weighted by Crippen LogP contribution is 2.29. The van der Waals surface area contributed by atoms with Crippen molar-refractivity contribution in [3.63, 3.8) is 0 Å². The number of amides is 3. The van der Waals surface area contributed by atoms with Gasteiger partial charge in [0.15, 0.2) is 0 Å². The van der Waals surface area contributed by atoms with Crippen molar-refractivity contribution >= 4 is 34.8 Å². The number of anilines is 3. The van der Waals surface area contributed by atoms with Gasteiger partial charge in [-0.25, -0.2) is 0 Å². The van der Waals surface area contributed by atoms with E-state index in [4.69, 9.17) is 0 Å². The van der Waals surface area contributed by atoms with E-state index < -0.39 is 6.04 Å². The Kier molecular flexibility index (Phi) is 6.22. The number of carbonyl (C=O) groups is 3. The van der Waals surface area contributed by atoms with Crippen LogP contribution in [-0.4, -0.2) is 48.8 Å². The molecule has 0 aliphatic carbocycles. The molecule has 0 radical (unpaired) electrons. The van der Waals surface area contributed by atoms with Gasteiger partial charge in [-0.2, -0.15) is 0 Å². The summed E-state index contributed by atoms with van der Waals surface area (Å²) in [7, 11) is 1.73. The number of para-hydroxylation sites is 2. The number of fused-ring (bicyclic) bond motifs is 1. The minimum Gasteiger partial charge on any atom is -0.324 e. The molecule has 0 bridgehead atoms. The van der Waals surface area contributed by atoms with Crippen LogP contribution >= 0.6 is 0 Å². The molecule has 3 amide bonds. The first kappa shape index (κ1) is 21.5. The van der Waals surface area contributed by atoms with E-state index in [1.165, 1.54) is 4.90 Å². The molecule has 1 heterocycles. The van der Waals surface area contributed by atoms with Crippen molar-refractivity contribution in [1.29, 1.82) is 0 Å². The van der Waals surface area contributed by atoms with Crippen LogP contribution in [0.25, 0.3) is 0 Å². The monoisotopic (exact) mass is 408 g/mol. The summed E-state index contributed by atoms with van der Waals surface area (Å²) in [5.74, 6) is -0.653. The highest BCUT2D eigenvalue weighted by Gasteiger charge is 2.31. The molecular weight excluding hydrogens is 380 g/mol. The van der Waals surface area contributed by atoms with Gasteiger partial charge in [-0.05, 0) is 58.0 Å². The van der Waals surface area contributed by atoms with Crippen LogP contribution < -0.4 is 15.5 Å². The molecule has 0 aromatic heterocycles. The molecule has 158 valence electrons. The third-order valence-corrected chi connectivity index (χ3v) is 5.39. The Morgan fingerprint density at radius 3 is 2.47 bits per heavy atom. The quantitative estimate of drug-likeness (QED) is 0.797. The first-order valence-electron chi connectivity index (χ1n) is 9.95. The summed E-state index contributed by atoms with van der Waals surface area (Å²) < 4.78 is 0. The van der Waals surface area contributed by atoms with Crippen molar-refractivity contribution < 1.29 is 14.4 Å². The van der Waals surface area contributed by atoms with Gasteiger partial charge in [0, 0.05) is 5.69 Å². The van der Waals surface area contributed by atoms with Crippen molar-refractivity contribution in [3.8, 4) is 0 Å². The van der Waals surface area contributed by atoms with Gasteiger partial charge in [0.2, 0.25) is 17.7 Å². The standard InChI is InChI=1S/C23H28N4O3/c1-14-10-15(2)22(16(3)11-14)25-20(28)12-26(5)17(4)23(30)27-13-21(29)24-18-8-6-7-9-19(18)27/h6-11,17H,12-13H2,1-5H3,(H,24,29)(H,25,28)/t17-/m1/s1. The summed E-state index contributed by atoms with van der Waals surface area (Å²) in [6, 6.07) is 10.7. The average molecular weight is 409 g/mol. The smallest absolute Gasteiger partial charge is 0.244 e. The number of rotatable bonds is 5. The second kappa shape index (κ2) is 8.67. The Labute approximate surface area is 177 Å². The predicted molar refractivity (Wildman–Crippen MR) is 119 cm³/mol. The Morgan fingerprint density at radius 2 is 1.80 bits per heavy atom. The first-order valence-corrected chi connectivity index (χ1v) is 9.95. The van der Waals surface area contributed by atoms with Crippen LogP contribution in [0, 0.1) is 20.8 Å². The van der Waals surface area contributed by atoms with Gasteiger partial charge in [-0.15, -0.1) is 0 Å². The minimum atomic E-state index is -0.574. The summed E-state index contributed by atoms with van der Waals surface area (Å²) in [5.41, 5.74) is 5.23. The van der Waals surface area contributed by atoms with Gasteiger partial charge >= 0.3 is 0 Å². The fraction of sp³-hybridized carbons (Fsp3) is 0.348. The largest absolute Gasteiger partial charge is 0.324 e. The fourth-order valence-electron chi connectivity index (χ4n) is 3.76. The molecule has 0 unspecified atom stereocenters. The molecule has 1 atom stereocenters. The van der Waals surface area contributed by atoms with Gasteiger partial charge in [-0.3, -0.25) is 24.2 Å². The normalized spacial score (nSPS) is 14.2. The lowest BCUT2D eigenvalue weighted by molar-refractivity contribution is -0.126. The van der Waals surface area contributed by atoms with Crippen molar-refractivity contribution in [1.82, 2.24) is 4.90 Å². The van der Waals surface area contributed by atoms with E-state index in [0.717, 1.165) is 22.4 Å². The van der Waals surface area contributed by atoms with Gasteiger partial charge in [0.1, 0.15) is 6.54 Å². The van der Waals surface area contributed by atoms with Gasteiger partial charge in [0.25, 0.3) is 0 Å². The van der Waals surface area contributed by atoms with Crippen LogP contribution in [0.2, 0.25) is 0 Å². The second-order valence-corrected chi connectivity index (χ2v) is 7.90. The Balaban J connectivity index is 1.69. The van der Waals surface area contributed by atoms with Gasteiger partial charge in [-0.1, -0.05) is 29.8 Å². The molecule has 0 saturated heterocycles. The summed E-state index contributed by atoms with van der Waals surface area (Å²) in [6.07, 6.45) is 0. The number of aryl methyl sites for hydroxylation is 3. The molecule has 1 aliphatic heterocycles. The maximum absolute atomic E-state index is 13.1. The number of hydrogen-bond donors (Lipinski definition) is 2. The number of benzene rings is 2. The molecule has 0 spiro atoms. The number of hydrogen-bond acceptors (Lipinski definition) is 4. The maximum Gasteiger partial charge on any atom is 0.244 e. The zero-order valence-corrected chi connectivity index (χ0v) is 18.1. The number of likely N-dealkylation sites (N-methyl/N-ethyl adjacent to an activating group) is 1. The molecule has 7 nitrogen and oxygen atoms in total. The lowest BCUT2D eigenvalue weighted by Gasteiger charge is -2.33. The summed E-state index contributed by atoms with van der Waals surface area (Å²) >= 11 is 0. The van der Waals surface area contributed by atoms with Crippen LogP contribution in [0.3, 0.4) is 0 Å². The zero-order valence-electron chi connectivity index (χ0n) is 18.1. The van der Waals surface area contributed by atoms with Crippen LogP contribution in [0.5, 0.6) is 0 Å². The van der Waals surface area contributed by atoms with Crippen molar-refractivity contribution in [2.75, 3.05) is 35.7 Å². The molecular formula is C23H28N4O3. The number of carbonyl (C=O) groups excluding carboxylic acids is 3. The zero-order chi connectivity index (χ0) is 22.0. The van der Waals surface area contributed by atoms with E-state index in [1.807, 2.05) is 45.0 Å². The van der Waals surface area contributed by atoms with Crippen LogP contribution in [0.15, 0.2) is 36.4 Å². The average Bonchev–Trinajstić information content (AvgIpc) is 2.68. The number of nitrogens with one attached hydrogen (secondary N) is 2. The third kappa shape index (κ3) is 4.52. The first-order chi connectivity index (χ1) is 14.2. The van der Waals surface area contributed by atoms with Gasteiger partial charge < -0.3 is 10.6 Å². The molecule has 2 N–H and O–H groups in total. The van der Waals surface area contributed by atoms with E-state index >= 15 is 0 Å². The molecule has 0 saturated carbocycles. The topological polar surface area (TPSA) is 81.8 Å². The minimum absolute atomic E-state index is 0.0397. The SMILES string of the molecule is Cc1cc(C)c(NC(=O)CN(C)[C@H](C)C(=O)N2CC(=O)Nc3ccccc32)c(C)c1. The van der Waals surface area contributed by atoms with Crippen LogP contribution in [-0.2, 0) is 14.4 Å². The van der Waals surface area contributed by atoms with Crippen LogP contribution in [0.4, 0.5) is 17.1 Å². The Hall–Kier alpha value is -3.19. The van der Waals surface area contributed by atoms with Crippen molar-refractivity contribution in [2.45, 2.75) is 33.7 Å². The highest BCUT2D eigenvalue weighted by molar-refractivity contribution is 6.11. The van der Waals surface area contributed by atoms with E-state index in [9.17, 15) is 14.4 Å².